The zero-order chi connectivity index (χ0) is 35.3. The molecule has 0 bridgehead atoms. The highest BCUT2D eigenvalue weighted by Gasteiger charge is 2.37. The van der Waals surface area contributed by atoms with Gasteiger partial charge in [-0.15, -0.1) is 0 Å². The van der Waals surface area contributed by atoms with Gasteiger partial charge in [-0.1, -0.05) is 172 Å². The van der Waals surface area contributed by atoms with Gasteiger partial charge in [0.1, 0.15) is 0 Å². The molecule has 0 amide bonds. The normalized spacial score (nSPS) is 13.2. The Balaban J connectivity index is 1.14. The van der Waals surface area contributed by atoms with Gasteiger partial charge in [-0.25, -0.2) is 0 Å². The Labute approximate surface area is 309 Å². The van der Waals surface area contributed by atoms with Gasteiger partial charge in [-0.2, -0.15) is 0 Å². The molecule has 11 rings (SSSR count). The van der Waals surface area contributed by atoms with E-state index in [1.165, 1.54) is 109 Å². The van der Waals surface area contributed by atoms with Crippen LogP contribution in [0, 0.1) is 0 Å². The highest BCUT2D eigenvalue weighted by atomic mass is 14.4. The summed E-state index contributed by atoms with van der Waals surface area (Å²) in [5.41, 5.74) is 13.0. The van der Waals surface area contributed by atoms with Crippen molar-refractivity contribution < 1.29 is 0 Å². The number of hydrogen-bond donors (Lipinski definition) is 0. The Hall–Kier alpha value is -6.50. The van der Waals surface area contributed by atoms with Crippen LogP contribution in [-0.2, 0) is 5.41 Å². The summed E-state index contributed by atoms with van der Waals surface area (Å²) in [6.07, 6.45) is 0. The van der Waals surface area contributed by atoms with Crippen LogP contribution in [0.4, 0.5) is 0 Å². The minimum absolute atomic E-state index is 0.0837. The largest absolute Gasteiger partial charge is 0.0616 e. The number of fused-ring (bicyclic) bond motifs is 9. The second kappa shape index (κ2) is 11.2. The predicted molar refractivity (Wildman–Crippen MR) is 228 cm³/mol. The number of benzene rings is 10. The van der Waals surface area contributed by atoms with Gasteiger partial charge in [0, 0.05) is 5.41 Å². The second-order valence-corrected chi connectivity index (χ2v) is 15.2. The smallest absolute Gasteiger partial charge is 0.0159 e. The molecule has 10 aromatic carbocycles. The summed E-state index contributed by atoms with van der Waals surface area (Å²) >= 11 is 0. The van der Waals surface area contributed by atoms with E-state index in [9.17, 15) is 0 Å². The summed E-state index contributed by atoms with van der Waals surface area (Å²) in [5, 5.41) is 12.8. The molecule has 0 N–H and O–H groups in total. The van der Waals surface area contributed by atoms with Crippen LogP contribution < -0.4 is 0 Å². The predicted octanol–water partition coefficient (Wildman–Crippen LogP) is 14.8. The Morgan fingerprint density at radius 2 is 0.792 bits per heavy atom. The van der Waals surface area contributed by atoms with E-state index in [2.05, 4.69) is 196 Å². The van der Waals surface area contributed by atoms with Crippen LogP contribution in [0.15, 0.2) is 182 Å². The molecule has 53 heavy (non-hydrogen) atoms. The van der Waals surface area contributed by atoms with Gasteiger partial charge in [-0.05, 0) is 134 Å². The van der Waals surface area contributed by atoms with Crippen LogP contribution in [0.25, 0.3) is 98.4 Å². The van der Waals surface area contributed by atoms with E-state index in [4.69, 9.17) is 0 Å². The summed E-state index contributed by atoms with van der Waals surface area (Å²) in [5.74, 6) is 0. The molecule has 0 aromatic heterocycles. The van der Waals surface area contributed by atoms with Gasteiger partial charge in [-0.3, -0.25) is 0 Å². The molecule has 0 saturated heterocycles. The molecule has 0 heteroatoms. The van der Waals surface area contributed by atoms with Gasteiger partial charge in [0.25, 0.3) is 0 Å². The molecule has 0 heterocycles. The standard InChI is InChI=1S/C53H36/c1-53(2)48-24-12-23-41(52(48)47-30-35-14-3-4-15-36(35)32-49(47)53)37-16-11-17-38(29-37)50-42-19-7-9-21-44(42)51(45-22-10-8-20-43(45)50)39-28-27-34-26-25-33-13-5-6-18-40(33)46(34)31-39/h3-32H,1-2H3. The third-order valence-corrected chi connectivity index (χ3v) is 12.0. The van der Waals surface area contributed by atoms with Crippen molar-refractivity contribution in [3.8, 4) is 44.5 Å². The molecule has 0 atom stereocenters. The lowest BCUT2D eigenvalue weighted by molar-refractivity contribution is 0.661. The van der Waals surface area contributed by atoms with Gasteiger partial charge >= 0.3 is 0 Å². The molecule has 1 aliphatic rings. The lowest BCUT2D eigenvalue weighted by atomic mass is 9.81. The number of hydrogen-bond acceptors (Lipinski definition) is 0. The van der Waals surface area contributed by atoms with E-state index < -0.39 is 0 Å². The third-order valence-electron chi connectivity index (χ3n) is 12.0. The van der Waals surface area contributed by atoms with Gasteiger partial charge in [0.15, 0.2) is 0 Å². The van der Waals surface area contributed by atoms with Crippen molar-refractivity contribution in [2.24, 2.45) is 0 Å². The summed E-state index contributed by atoms with van der Waals surface area (Å²) in [4.78, 5) is 0. The van der Waals surface area contributed by atoms with Crippen molar-refractivity contribution in [1.82, 2.24) is 0 Å². The Morgan fingerprint density at radius 3 is 1.47 bits per heavy atom. The van der Waals surface area contributed by atoms with Crippen LogP contribution >= 0.6 is 0 Å². The average Bonchev–Trinajstić information content (AvgIpc) is 3.43. The molecule has 10 aromatic rings. The fraction of sp³-hybridized carbons (Fsp3) is 0.0566. The molecule has 0 spiro atoms. The molecule has 0 radical (unpaired) electrons. The first-order valence-corrected chi connectivity index (χ1v) is 18.7. The molecule has 0 unspecified atom stereocenters. The second-order valence-electron chi connectivity index (χ2n) is 15.2. The Morgan fingerprint density at radius 1 is 0.283 bits per heavy atom. The quantitative estimate of drug-likeness (QED) is 0.129. The van der Waals surface area contributed by atoms with Crippen LogP contribution in [0.1, 0.15) is 25.0 Å². The minimum Gasteiger partial charge on any atom is -0.0616 e. The Kier molecular flexibility index (Phi) is 6.40. The van der Waals surface area contributed by atoms with E-state index in [1.54, 1.807) is 0 Å². The zero-order valence-corrected chi connectivity index (χ0v) is 29.8. The number of rotatable bonds is 3. The molecule has 0 aliphatic heterocycles. The van der Waals surface area contributed by atoms with E-state index in [0.717, 1.165) is 0 Å². The van der Waals surface area contributed by atoms with E-state index in [0.29, 0.717) is 0 Å². The lowest BCUT2D eigenvalue weighted by Gasteiger charge is -2.22. The van der Waals surface area contributed by atoms with E-state index >= 15 is 0 Å². The lowest BCUT2D eigenvalue weighted by Crippen LogP contribution is -2.14. The van der Waals surface area contributed by atoms with E-state index in [1.807, 2.05) is 0 Å². The molecule has 0 nitrogen and oxygen atoms in total. The summed E-state index contributed by atoms with van der Waals surface area (Å²) < 4.78 is 0. The SMILES string of the molecule is CC1(C)c2cc3ccccc3cc2-c2c(-c3cccc(-c4c5ccccc5c(-c5ccc6ccc7ccccc7c6c5)c5ccccc45)c3)cccc21. The fourth-order valence-electron chi connectivity index (χ4n) is 9.46. The molecule has 1 aliphatic carbocycles. The minimum atomic E-state index is -0.0837. The van der Waals surface area contributed by atoms with Crippen LogP contribution in [0.3, 0.4) is 0 Å². The first-order valence-electron chi connectivity index (χ1n) is 18.7. The maximum Gasteiger partial charge on any atom is 0.0159 e. The third kappa shape index (κ3) is 4.42. The van der Waals surface area contributed by atoms with Crippen molar-refractivity contribution in [2.75, 3.05) is 0 Å². The molecule has 0 saturated carbocycles. The van der Waals surface area contributed by atoms with Gasteiger partial charge in [0.2, 0.25) is 0 Å². The monoisotopic (exact) mass is 672 g/mol. The molecular formula is C53H36. The van der Waals surface area contributed by atoms with Crippen LogP contribution in [-0.4, -0.2) is 0 Å². The van der Waals surface area contributed by atoms with Crippen LogP contribution in [0.5, 0.6) is 0 Å². The van der Waals surface area contributed by atoms with Crippen molar-refractivity contribution in [3.05, 3.63) is 193 Å². The highest BCUT2D eigenvalue weighted by Crippen LogP contribution is 2.53. The maximum atomic E-state index is 2.43. The Bertz CT molecular complexity index is 3080. The van der Waals surface area contributed by atoms with Gasteiger partial charge < -0.3 is 0 Å². The summed E-state index contributed by atoms with van der Waals surface area (Å²) in [7, 11) is 0. The van der Waals surface area contributed by atoms with E-state index in [-0.39, 0.29) is 5.41 Å². The first-order chi connectivity index (χ1) is 26.0. The zero-order valence-electron chi connectivity index (χ0n) is 29.8. The maximum absolute atomic E-state index is 2.43. The van der Waals surface area contributed by atoms with Crippen molar-refractivity contribution in [3.63, 3.8) is 0 Å². The topological polar surface area (TPSA) is 0 Å². The van der Waals surface area contributed by atoms with Crippen molar-refractivity contribution >= 4 is 53.9 Å². The summed E-state index contributed by atoms with van der Waals surface area (Å²) in [6.45, 7) is 4.76. The van der Waals surface area contributed by atoms with Crippen molar-refractivity contribution in [2.45, 2.75) is 19.3 Å². The first kappa shape index (κ1) is 30.2. The van der Waals surface area contributed by atoms with Crippen molar-refractivity contribution in [1.29, 1.82) is 0 Å². The molecule has 248 valence electrons. The van der Waals surface area contributed by atoms with Crippen LogP contribution in [0.2, 0.25) is 0 Å². The van der Waals surface area contributed by atoms with Gasteiger partial charge in [0.05, 0.1) is 0 Å². The highest BCUT2D eigenvalue weighted by molar-refractivity contribution is 6.22. The summed E-state index contributed by atoms with van der Waals surface area (Å²) in [6, 6.07) is 68.0. The molecular weight excluding hydrogens is 637 g/mol. The molecule has 0 fully saturated rings. The fourth-order valence-corrected chi connectivity index (χ4v) is 9.46. The average molecular weight is 673 g/mol.